The summed E-state index contributed by atoms with van der Waals surface area (Å²) in [5, 5.41) is 2.79. The van der Waals surface area contributed by atoms with Gasteiger partial charge in [-0.3, -0.25) is 4.79 Å². The van der Waals surface area contributed by atoms with Gasteiger partial charge in [0.1, 0.15) is 11.5 Å². The molecule has 7 nitrogen and oxygen atoms in total. The minimum Gasteiger partial charge on any atom is -0.616 e. The molecule has 2 heterocycles. The highest BCUT2D eigenvalue weighted by molar-refractivity contribution is 7.91. The highest BCUT2D eigenvalue weighted by atomic mass is 32.2. The normalized spacial score (nSPS) is 13.3. The number of fused-ring (bicyclic) bond motifs is 1. The highest BCUT2D eigenvalue weighted by Gasteiger charge is 2.20. The van der Waals surface area contributed by atoms with Gasteiger partial charge in [-0.1, -0.05) is 23.8 Å². The molecule has 1 atom stereocenters. The smallest absolute Gasteiger partial charge is 0.270 e. The molecular weight excluding hydrogens is 404 g/mol. The Bertz CT molecular complexity index is 1070. The van der Waals surface area contributed by atoms with Crippen molar-refractivity contribution < 1.29 is 23.2 Å². The summed E-state index contributed by atoms with van der Waals surface area (Å²) >= 11 is -1.40. The Morgan fingerprint density at radius 2 is 2.00 bits per heavy atom. The Kier molecular flexibility index (Phi) is 5.96. The van der Waals surface area contributed by atoms with E-state index >= 15 is 0 Å². The maximum absolute atomic E-state index is 12.5. The molecular formula is C22H22N2O5S. The fraction of sp³-hybridized carbons (Fsp3) is 0.273. The zero-order valence-corrected chi connectivity index (χ0v) is 17.6. The van der Waals surface area contributed by atoms with Crippen LogP contribution in [0.5, 0.6) is 11.5 Å². The number of hydrogen-bond donors (Lipinski definition) is 1. The van der Waals surface area contributed by atoms with Crippen LogP contribution in [-0.2, 0) is 28.3 Å². The van der Waals surface area contributed by atoms with Crippen LogP contribution >= 0.6 is 0 Å². The first-order valence-corrected chi connectivity index (χ1v) is 11.0. The Hall–Kier alpha value is -2.97. The maximum atomic E-state index is 12.5. The van der Waals surface area contributed by atoms with Gasteiger partial charge in [0.25, 0.3) is 5.91 Å². The lowest BCUT2D eigenvalue weighted by atomic mass is 10.1. The van der Waals surface area contributed by atoms with Crippen LogP contribution in [0.2, 0.25) is 0 Å². The van der Waals surface area contributed by atoms with Crippen LogP contribution in [0.1, 0.15) is 22.6 Å². The quantitative estimate of drug-likeness (QED) is 0.583. The van der Waals surface area contributed by atoms with Gasteiger partial charge in [-0.15, -0.1) is 0 Å². The lowest BCUT2D eigenvalue weighted by Crippen LogP contribution is -2.30. The number of nitrogens with zero attached hydrogens (tertiary/aromatic N) is 1. The molecule has 0 spiro atoms. The van der Waals surface area contributed by atoms with Gasteiger partial charge in [0.15, 0.2) is 23.0 Å². The van der Waals surface area contributed by atoms with Gasteiger partial charge in [0.2, 0.25) is 12.7 Å². The largest absolute Gasteiger partial charge is 0.616 e. The Balaban J connectivity index is 1.31. The third-order valence-electron chi connectivity index (χ3n) is 4.67. The molecule has 2 aromatic carbocycles. The SMILES string of the molecule is Cc1cccc(-c2nc(C[S+]([O-])CC(=O)NCc3ccc4c(c3)OCO4)c(C)o2)c1. The molecule has 0 fully saturated rings. The second-order valence-corrected chi connectivity index (χ2v) is 8.54. The fourth-order valence-corrected chi connectivity index (χ4v) is 4.19. The standard InChI is InChI=1S/C22H22N2O5S/c1-14-4-3-5-17(8-14)22-24-18(15(2)29-22)11-30(26)12-21(25)23-10-16-6-7-19-20(9-16)28-13-27-19/h3-9H,10-13H2,1-2H3,(H,23,25). The predicted molar refractivity (Wildman–Crippen MR) is 113 cm³/mol. The Labute approximate surface area is 177 Å². The molecule has 0 bridgehead atoms. The number of rotatable bonds is 7. The summed E-state index contributed by atoms with van der Waals surface area (Å²) in [4.78, 5) is 16.7. The molecule has 30 heavy (non-hydrogen) atoms. The average Bonchev–Trinajstić information content (AvgIpc) is 3.32. The minimum absolute atomic E-state index is 0.101. The number of aryl methyl sites for hydroxylation is 2. The number of carbonyl (C=O) groups is 1. The van der Waals surface area contributed by atoms with Crippen LogP contribution < -0.4 is 14.8 Å². The third-order valence-corrected chi connectivity index (χ3v) is 5.85. The monoisotopic (exact) mass is 426 g/mol. The molecule has 1 amide bonds. The van der Waals surface area contributed by atoms with Crippen molar-refractivity contribution in [3.8, 4) is 23.0 Å². The lowest BCUT2D eigenvalue weighted by molar-refractivity contribution is -0.118. The van der Waals surface area contributed by atoms with E-state index in [2.05, 4.69) is 10.3 Å². The van der Waals surface area contributed by atoms with Crippen LogP contribution in [-0.4, -0.2) is 28.0 Å². The molecule has 1 unspecified atom stereocenters. The van der Waals surface area contributed by atoms with Gasteiger partial charge in [0, 0.05) is 12.1 Å². The number of oxazole rings is 1. The van der Waals surface area contributed by atoms with Crippen molar-refractivity contribution in [1.82, 2.24) is 10.3 Å². The molecule has 1 aliphatic heterocycles. The summed E-state index contributed by atoms with van der Waals surface area (Å²) in [6.45, 7) is 4.32. The van der Waals surface area contributed by atoms with E-state index in [-0.39, 0.29) is 24.2 Å². The fourth-order valence-electron chi connectivity index (χ4n) is 3.12. The number of amides is 1. The van der Waals surface area contributed by atoms with Gasteiger partial charge in [0.05, 0.1) is 0 Å². The molecule has 1 aliphatic rings. The van der Waals surface area contributed by atoms with Gasteiger partial charge < -0.3 is 23.8 Å². The van der Waals surface area contributed by atoms with E-state index < -0.39 is 11.2 Å². The van der Waals surface area contributed by atoms with Crippen molar-refractivity contribution in [3.63, 3.8) is 0 Å². The number of ether oxygens (including phenoxy) is 2. The average molecular weight is 426 g/mol. The number of benzene rings is 2. The van der Waals surface area contributed by atoms with Crippen LogP contribution in [0.25, 0.3) is 11.5 Å². The molecule has 3 aromatic rings. The van der Waals surface area contributed by atoms with Crippen molar-refractivity contribution in [2.75, 3.05) is 12.5 Å². The Morgan fingerprint density at radius 1 is 1.17 bits per heavy atom. The van der Waals surface area contributed by atoms with Gasteiger partial charge in [-0.2, -0.15) is 0 Å². The van der Waals surface area contributed by atoms with Gasteiger partial charge >= 0.3 is 0 Å². The summed E-state index contributed by atoms with van der Waals surface area (Å²) < 4.78 is 28.8. The first kappa shape index (κ1) is 20.3. The van der Waals surface area contributed by atoms with Crippen LogP contribution in [0.3, 0.4) is 0 Å². The van der Waals surface area contributed by atoms with Crippen molar-refractivity contribution in [1.29, 1.82) is 0 Å². The molecule has 0 aliphatic carbocycles. The summed E-state index contributed by atoms with van der Waals surface area (Å²) in [6.07, 6.45) is 0. The van der Waals surface area contributed by atoms with E-state index in [1.165, 1.54) is 0 Å². The first-order chi connectivity index (χ1) is 14.5. The van der Waals surface area contributed by atoms with Crippen molar-refractivity contribution in [3.05, 3.63) is 65.0 Å². The molecule has 0 saturated carbocycles. The predicted octanol–water partition coefficient (Wildman–Crippen LogP) is 3.25. The second kappa shape index (κ2) is 8.81. The number of aromatic nitrogens is 1. The lowest BCUT2D eigenvalue weighted by Gasteiger charge is -2.10. The van der Waals surface area contributed by atoms with E-state index in [0.717, 1.165) is 16.7 Å². The van der Waals surface area contributed by atoms with Crippen molar-refractivity contribution in [2.24, 2.45) is 0 Å². The minimum atomic E-state index is -1.40. The zero-order valence-electron chi connectivity index (χ0n) is 16.8. The molecule has 4 rings (SSSR count). The summed E-state index contributed by atoms with van der Waals surface area (Å²) in [5.74, 6) is 2.24. The molecule has 1 N–H and O–H groups in total. The van der Waals surface area contributed by atoms with Crippen molar-refractivity contribution in [2.45, 2.75) is 26.1 Å². The molecule has 1 aromatic heterocycles. The summed E-state index contributed by atoms with van der Waals surface area (Å²) in [6, 6.07) is 13.3. The number of nitrogens with one attached hydrogen (secondary N) is 1. The van der Waals surface area contributed by atoms with E-state index in [9.17, 15) is 9.35 Å². The summed E-state index contributed by atoms with van der Waals surface area (Å²) in [5.41, 5.74) is 3.46. The third kappa shape index (κ3) is 4.77. The molecule has 8 heteroatoms. The van der Waals surface area contributed by atoms with Crippen LogP contribution in [0.15, 0.2) is 46.9 Å². The van der Waals surface area contributed by atoms with Gasteiger partial charge in [-0.25, -0.2) is 4.98 Å². The van der Waals surface area contributed by atoms with Crippen molar-refractivity contribution >= 4 is 17.1 Å². The van der Waals surface area contributed by atoms with E-state index in [4.69, 9.17) is 13.9 Å². The zero-order chi connectivity index (χ0) is 21.1. The molecule has 156 valence electrons. The van der Waals surface area contributed by atoms with E-state index in [1.54, 1.807) is 13.0 Å². The number of hydrogen-bond acceptors (Lipinski definition) is 6. The second-order valence-electron chi connectivity index (χ2n) is 7.08. The van der Waals surface area contributed by atoms with Crippen LogP contribution in [0.4, 0.5) is 0 Å². The highest BCUT2D eigenvalue weighted by Crippen LogP contribution is 2.32. The van der Waals surface area contributed by atoms with E-state index in [1.807, 2.05) is 43.3 Å². The maximum Gasteiger partial charge on any atom is 0.270 e. The number of carbonyl (C=O) groups excluding carboxylic acids is 1. The van der Waals surface area contributed by atoms with E-state index in [0.29, 0.717) is 35.4 Å². The van der Waals surface area contributed by atoms with Gasteiger partial charge in [-0.05, 0) is 54.9 Å². The summed E-state index contributed by atoms with van der Waals surface area (Å²) in [7, 11) is 0. The van der Waals surface area contributed by atoms with Crippen LogP contribution in [0, 0.1) is 13.8 Å². The Morgan fingerprint density at radius 3 is 2.83 bits per heavy atom. The molecule has 0 saturated heterocycles. The topological polar surface area (TPSA) is 96.7 Å². The first-order valence-electron chi connectivity index (χ1n) is 9.51. The molecule has 0 radical (unpaired) electrons.